The standard InChI is InChI=1S/C30H28Si/c1-19-11-9-17-23-21-13-5-7-15-25(21)29(27(19)23)31(3,4)30-26-16-8-6-14-22(26)24-18-10-12-20(2)28(24)30/h5-18,29-30H,1-4H3. The number of hydrogen-bond donors (Lipinski definition) is 0. The van der Waals surface area contributed by atoms with Crippen molar-refractivity contribution in [3.8, 4) is 22.3 Å². The number of rotatable bonds is 2. The summed E-state index contributed by atoms with van der Waals surface area (Å²) in [7, 11) is -1.90. The molecule has 2 aliphatic carbocycles. The van der Waals surface area contributed by atoms with Crippen molar-refractivity contribution in [3.05, 3.63) is 118 Å². The van der Waals surface area contributed by atoms with Crippen molar-refractivity contribution in [1.29, 1.82) is 0 Å². The van der Waals surface area contributed by atoms with Gasteiger partial charge in [0.15, 0.2) is 0 Å². The number of benzene rings is 4. The van der Waals surface area contributed by atoms with Crippen LogP contribution in [-0.4, -0.2) is 8.07 Å². The molecule has 0 radical (unpaired) electrons. The molecule has 31 heavy (non-hydrogen) atoms. The van der Waals surface area contributed by atoms with Crippen LogP contribution in [0.15, 0.2) is 84.9 Å². The molecule has 0 saturated heterocycles. The van der Waals surface area contributed by atoms with Crippen LogP contribution in [0.2, 0.25) is 13.1 Å². The van der Waals surface area contributed by atoms with Gasteiger partial charge in [-0.25, -0.2) is 0 Å². The molecule has 0 spiro atoms. The topological polar surface area (TPSA) is 0 Å². The highest BCUT2D eigenvalue weighted by Gasteiger charge is 2.50. The minimum absolute atomic E-state index is 0.503. The van der Waals surface area contributed by atoms with Crippen LogP contribution in [0.4, 0.5) is 0 Å². The minimum Gasteiger partial charge on any atom is -0.0679 e. The lowest BCUT2D eigenvalue weighted by Gasteiger charge is -2.39. The van der Waals surface area contributed by atoms with Gasteiger partial charge in [-0.15, -0.1) is 0 Å². The fourth-order valence-electron chi connectivity index (χ4n) is 6.61. The highest BCUT2D eigenvalue weighted by atomic mass is 28.3. The largest absolute Gasteiger partial charge is 0.0731 e. The zero-order valence-electron chi connectivity index (χ0n) is 18.7. The van der Waals surface area contributed by atoms with Gasteiger partial charge in [-0.05, 0) is 69.5 Å². The van der Waals surface area contributed by atoms with Crippen molar-refractivity contribution < 1.29 is 0 Å². The van der Waals surface area contributed by atoms with E-state index in [1.165, 1.54) is 33.4 Å². The number of fused-ring (bicyclic) bond motifs is 6. The summed E-state index contributed by atoms with van der Waals surface area (Å²) < 4.78 is 0. The first kappa shape index (κ1) is 18.8. The Labute approximate surface area is 186 Å². The molecule has 0 fully saturated rings. The maximum Gasteiger partial charge on any atom is 0.0731 e. The molecule has 4 aromatic rings. The summed E-state index contributed by atoms with van der Waals surface area (Å²) in [5.41, 5.74) is 15.9. The van der Waals surface area contributed by atoms with Gasteiger partial charge in [0.2, 0.25) is 0 Å². The molecule has 2 atom stereocenters. The van der Waals surface area contributed by atoms with E-state index in [2.05, 4.69) is 112 Å². The van der Waals surface area contributed by atoms with E-state index in [1.54, 1.807) is 22.3 Å². The fraction of sp³-hybridized carbons (Fsp3) is 0.200. The molecule has 152 valence electrons. The summed E-state index contributed by atoms with van der Waals surface area (Å²) in [5, 5.41) is 0. The summed E-state index contributed by atoms with van der Waals surface area (Å²) >= 11 is 0. The Morgan fingerprint density at radius 2 is 0.871 bits per heavy atom. The molecule has 0 nitrogen and oxygen atoms in total. The molecule has 0 saturated carbocycles. The van der Waals surface area contributed by atoms with Crippen molar-refractivity contribution in [2.75, 3.05) is 0 Å². The molecule has 2 unspecified atom stereocenters. The minimum atomic E-state index is -1.90. The van der Waals surface area contributed by atoms with Gasteiger partial charge in [0, 0.05) is 11.1 Å². The Morgan fingerprint density at radius 3 is 1.32 bits per heavy atom. The van der Waals surface area contributed by atoms with Crippen LogP contribution in [0, 0.1) is 13.8 Å². The second-order valence-electron chi connectivity index (χ2n) is 9.93. The third kappa shape index (κ3) is 2.47. The monoisotopic (exact) mass is 416 g/mol. The molecule has 4 aromatic carbocycles. The van der Waals surface area contributed by atoms with Crippen molar-refractivity contribution in [2.45, 2.75) is 38.0 Å². The molecule has 0 N–H and O–H groups in total. The van der Waals surface area contributed by atoms with Gasteiger partial charge >= 0.3 is 0 Å². The second kappa shape index (κ2) is 6.55. The zero-order chi connectivity index (χ0) is 21.3. The van der Waals surface area contributed by atoms with Crippen LogP contribution in [0.25, 0.3) is 22.3 Å². The van der Waals surface area contributed by atoms with Crippen LogP contribution < -0.4 is 0 Å². The highest BCUT2D eigenvalue weighted by Crippen LogP contribution is 2.58. The predicted octanol–water partition coefficient (Wildman–Crippen LogP) is 8.02. The first-order valence-corrected chi connectivity index (χ1v) is 14.5. The van der Waals surface area contributed by atoms with E-state index < -0.39 is 8.07 Å². The Morgan fingerprint density at radius 1 is 0.484 bits per heavy atom. The third-order valence-electron chi connectivity index (χ3n) is 7.84. The smallest absolute Gasteiger partial charge is 0.0679 e. The molecule has 1 heteroatoms. The SMILES string of the molecule is Cc1cccc2c1C([Si](C)(C)C1c3ccccc3-c3cccc(C)c31)c1ccccc1-2. The summed E-state index contributed by atoms with van der Waals surface area (Å²) in [5.74, 6) is 0. The van der Waals surface area contributed by atoms with E-state index in [-0.39, 0.29) is 0 Å². The van der Waals surface area contributed by atoms with E-state index in [1.807, 2.05) is 0 Å². The fourth-order valence-corrected chi connectivity index (χ4v) is 11.3. The second-order valence-corrected chi connectivity index (χ2v) is 14.7. The molecule has 0 aromatic heterocycles. The Balaban J connectivity index is 1.64. The molecule has 0 aliphatic heterocycles. The van der Waals surface area contributed by atoms with Gasteiger partial charge in [-0.1, -0.05) is 98.0 Å². The van der Waals surface area contributed by atoms with E-state index >= 15 is 0 Å². The van der Waals surface area contributed by atoms with Gasteiger partial charge in [0.05, 0.1) is 8.07 Å². The third-order valence-corrected chi connectivity index (χ3v) is 12.0. The summed E-state index contributed by atoms with van der Waals surface area (Å²) in [4.78, 5) is 0. The highest BCUT2D eigenvalue weighted by molar-refractivity contribution is 6.82. The molecule has 0 bridgehead atoms. The van der Waals surface area contributed by atoms with Gasteiger partial charge in [-0.2, -0.15) is 0 Å². The lowest BCUT2D eigenvalue weighted by atomic mass is 10.0. The van der Waals surface area contributed by atoms with Crippen molar-refractivity contribution in [1.82, 2.24) is 0 Å². The molecule has 0 heterocycles. The Hall–Kier alpha value is -2.90. The van der Waals surface area contributed by atoms with Gasteiger partial charge < -0.3 is 0 Å². The first-order valence-electron chi connectivity index (χ1n) is 11.4. The van der Waals surface area contributed by atoms with Gasteiger partial charge in [0.1, 0.15) is 0 Å². The van der Waals surface area contributed by atoms with Crippen molar-refractivity contribution in [2.24, 2.45) is 0 Å². The molecule has 0 amide bonds. The quantitative estimate of drug-likeness (QED) is 0.290. The van der Waals surface area contributed by atoms with Crippen LogP contribution in [-0.2, 0) is 0 Å². The Kier molecular flexibility index (Phi) is 3.98. The normalized spacial score (nSPS) is 18.3. The summed E-state index contributed by atoms with van der Waals surface area (Å²) in [6.07, 6.45) is 0. The molecular weight excluding hydrogens is 388 g/mol. The summed E-state index contributed by atoms with van der Waals surface area (Å²) in [6, 6.07) is 32.1. The maximum atomic E-state index is 2.64. The van der Waals surface area contributed by atoms with Gasteiger partial charge in [-0.3, -0.25) is 0 Å². The van der Waals surface area contributed by atoms with E-state index in [4.69, 9.17) is 0 Å². The van der Waals surface area contributed by atoms with E-state index in [0.29, 0.717) is 11.1 Å². The van der Waals surface area contributed by atoms with Crippen molar-refractivity contribution >= 4 is 8.07 Å². The lowest BCUT2D eigenvalue weighted by molar-refractivity contribution is 0.993. The molecule has 6 rings (SSSR count). The van der Waals surface area contributed by atoms with E-state index in [0.717, 1.165) is 0 Å². The number of aryl methyl sites for hydroxylation is 2. The van der Waals surface area contributed by atoms with E-state index in [9.17, 15) is 0 Å². The maximum absolute atomic E-state index is 2.64. The number of hydrogen-bond acceptors (Lipinski definition) is 0. The summed E-state index contributed by atoms with van der Waals surface area (Å²) in [6.45, 7) is 9.89. The van der Waals surface area contributed by atoms with Crippen LogP contribution in [0.5, 0.6) is 0 Å². The van der Waals surface area contributed by atoms with Crippen molar-refractivity contribution in [3.63, 3.8) is 0 Å². The average Bonchev–Trinajstić information content (AvgIpc) is 3.30. The molecular formula is C30H28Si. The molecule has 2 aliphatic rings. The van der Waals surface area contributed by atoms with Gasteiger partial charge in [0.25, 0.3) is 0 Å². The van der Waals surface area contributed by atoms with Crippen LogP contribution >= 0.6 is 0 Å². The Bertz CT molecular complexity index is 1240. The lowest BCUT2D eigenvalue weighted by Crippen LogP contribution is -2.42. The van der Waals surface area contributed by atoms with Crippen LogP contribution in [0.3, 0.4) is 0 Å². The van der Waals surface area contributed by atoms with Crippen LogP contribution in [0.1, 0.15) is 44.5 Å². The average molecular weight is 417 g/mol. The predicted molar refractivity (Wildman–Crippen MR) is 134 cm³/mol. The first-order chi connectivity index (χ1) is 15.0. The zero-order valence-corrected chi connectivity index (χ0v) is 19.7.